The number of azo groups is 1. The van der Waals surface area contributed by atoms with Gasteiger partial charge in [-0.2, -0.15) is 0 Å². The van der Waals surface area contributed by atoms with E-state index in [4.69, 9.17) is 0 Å². The summed E-state index contributed by atoms with van der Waals surface area (Å²) in [4.78, 5) is 16.2. The van der Waals surface area contributed by atoms with Crippen molar-refractivity contribution in [2.75, 3.05) is 28.2 Å². The van der Waals surface area contributed by atoms with Crippen molar-refractivity contribution in [3.63, 3.8) is 0 Å². The smallest absolute Gasteiger partial charge is 0.372 e. The molecule has 8 nitrogen and oxygen atoms in total. The van der Waals surface area contributed by atoms with E-state index in [0.717, 1.165) is 23.9 Å². The van der Waals surface area contributed by atoms with Crippen LogP contribution in [0.15, 0.2) is 28.4 Å². The maximum absolute atomic E-state index is 11.7. The molecular formula is C21H34N7OS+. The summed E-state index contributed by atoms with van der Waals surface area (Å²) in [5, 5.41) is 18.0. The Hall–Kier alpha value is -2.55. The van der Waals surface area contributed by atoms with Crippen molar-refractivity contribution in [3.8, 4) is 0 Å². The lowest BCUT2D eigenvalue weighted by atomic mass is 10.2. The van der Waals surface area contributed by atoms with Crippen molar-refractivity contribution >= 4 is 44.6 Å². The van der Waals surface area contributed by atoms with Crippen molar-refractivity contribution < 1.29 is 9.48 Å². The van der Waals surface area contributed by atoms with Gasteiger partial charge in [-0.15, -0.1) is 4.68 Å². The van der Waals surface area contributed by atoms with Crippen molar-refractivity contribution in [1.82, 2.24) is 5.10 Å². The number of rotatable bonds is 9. The minimum Gasteiger partial charge on any atom is -0.372 e. The van der Waals surface area contributed by atoms with Gasteiger partial charge in [-0.05, 0) is 76.2 Å². The van der Waals surface area contributed by atoms with Crippen molar-refractivity contribution in [2.24, 2.45) is 17.3 Å². The molecule has 0 saturated heterocycles. The molecule has 0 spiro atoms. The summed E-state index contributed by atoms with van der Waals surface area (Å²) in [6.45, 7) is 16.1. The minimum absolute atomic E-state index is 0.140. The maximum atomic E-state index is 11.7. The fourth-order valence-electron chi connectivity index (χ4n) is 3.35. The molecule has 30 heavy (non-hydrogen) atoms. The molecule has 1 aromatic carbocycles. The maximum Gasteiger partial charge on any atom is 0.431 e. The molecule has 0 atom stereocenters. The molecule has 164 valence electrons. The van der Waals surface area contributed by atoms with Gasteiger partial charge in [0.25, 0.3) is 0 Å². The number of aryl methyl sites for hydroxylation is 1. The molecule has 9 heteroatoms. The summed E-state index contributed by atoms with van der Waals surface area (Å²) in [5.74, 6) is -0.140. The van der Waals surface area contributed by atoms with Gasteiger partial charge in [0, 0.05) is 37.8 Å². The number of nitrogens with zero attached hydrogens (tertiary/aromatic N) is 6. The number of anilines is 3. The van der Waals surface area contributed by atoms with Gasteiger partial charge in [0.05, 0.1) is 10.8 Å². The van der Waals surface area contributed by atoms with Gasteiger partial charge in [-0.25, -0.2) is 0 Å². The van der Waals surface area contributed by atoms with Gasteiger partial charge >= 0.3 is 5.13 Å². The van der Waals surface area contributed by atoms with Gasteiger partial charge in [-0.1, -0.05) is 5.10 Å². The minimum atomic E-state index is -0.140. The first-order chi connectivity index (χ1) is 14.2. The van der Waals surface area contributed by atoms with Gasteiger partial charge in [0.1, 0.15) is 12.7 Å². The number of carbonyl (C=O) groups excluding carboxylic acids is 1. The lowest BCUT2D eigenvalue weighted by Gasteiger charge is -2.28. The lowest BCUT2D eigenvalue weighted by Crippen LogP contribution is -2.39. The molecular weight excluding hydrogens is 398 g/mol. The average molecular weight is 433 g/mol. The number of hydrogen-bond acceptors (Lipinski definition) is 7. The van der Waals surface area contributed by atoms with E-state index >= 15 is 0 Å². The summed E-state index contributed by atoms with van der Waals surface area (Å²) in [6, 6.07) is 6.50. The summed E-state index contributed by atoms with van der Waals surface area (Å²) >= 11 is 1.50. The first kappa shape index (κ1) is 23.7. The summed E-state index contributed by atoms with van der Waals surface area (Å²) < 4.78 is 1.74. The van der Waals surface area contributed by atoms with Gasteiger partial charge in [0.2, 0.25) is 11.0 Å². The third kappa shape index (κ3) is 5.75. The fraction of sp³-hybridized carbons (Fsp3) is 0.571. The highest BCUT2D eigenvalue weighted by Gasteiger charge is 2.24. The molecule has 1 aromatic heterocycles. The SMILES string of the molecule is CCN(CC)c1ccc(/N=N/c2sc(N(C(C)C)C(C)C)n[n+]2C)c(NC(C)=O)c1. The Kier molecular flexibility index (Phi) is 8.28. The zero-order valence-corrected chi connectivity index (χ0v) is 20.1. The molecule has 0 fully saturated rings. The zero-order chi connectivity index (χ0) is 22.4. The van der Waals surface area contributed by atoms with Crippen LogP contribution in [0.1, 0.15) is 48.5 Å². The summed E-state index contributed by atoms with van der Waals surface area (Å²) in [5.41, 5.74) is 2.30. The van der Waals surface area contributed by atoms with Crippen molar-refractivity contribution in [2.45, 2.75) is 60.5 Å². The first-order valence-corrected chi connectivity index (χ1v) is 11.2. The first-order valence-electron chi connectivity index (χ1n) is 10.4. The topological polar surface area (TPSA) is 77.1 Å². The molecule has 2 rings (SSSR count). The van der Waals surface area contributed by atoms with E-state index in [9.17, 15) is 4.79 Å². The van der Waals surface area contributed by atoms with Crippen LogP contribution < -0.4 is 19.8 Å². The largest absolute Gasteiger partial charge is 0.431 e. The Morgan fingerprint density at radius 2 is 1.80 bits per heavy atom. The third-order valence-electron chi connectivity index (χ3n) is 4.69. The number of carbonyl (C=O) groups is 1. The molecule has 1 N–H and O–H groups in total. The molecule has 1 heterocycles. The van der Waals surface area contributed by atoms with Gasteiger partial charge in [-0.3, -0.25) is 4.79 Å². The Labute approximate surface area is 183 Å². The molecule has 0 aliphatic heterocycles. The van der Waals surface area contributed by atoms with Crippen molar-refractivity contribution in [3.05, 3.63) is 18.2 Å². The van der Waals surface area contributed by atoms with Crippen LogP contribution >= 0.6 is 11.3 Å². The highest BCUT2D eigenvalue weighted by Crippen LogP contribution is 2.33. The van der Waals surface area contributed by atoms with Crippen LogP contribution in [0, 0.1) is 0 Å². The van der Waals surface area contributed by atoms with E-state index in [-0.39, 0.29) is 5.91 Å². The highest BCUT2D eigenvalue weighted by atomic mass is 32.1. The predicted octanol–water partition coefficient (Wildman–Crippen LogP) is 4.81. The fourth-order valence-corrected chi connectivity index (χ4v) is 4.46. The molecule has 0 aliphatic carbocycles. The Balaban J connectivity index is 2.38. The summed E-state index contributed by atoms with van der Waals surface area (Å²) in [7, 11) is 1.87. The molecule has 0 aliphatic rings. The quantitative estimate of drug-likeness (QED) is 0.456. The van der Waals surface area contributed by atoms with Crippen LogP contribution in [0.25, 0.3) is 0 Å². The van der Waals surface area contributed by atoms with Crippen LogP contribution in [0.3, 0.4) is 0 Å². The van der Waals surface area contributed by atoms with Crippen LogP contribution in [-0.4, -0.2) is 36.2 Å². The van der Waals surface area contributed by atoms with Crippen LogP contribution in [0.5, 0.6) is 0 Å². The van der Waals surface area contributed by atoms with E-state index in [2.05, 4.69) is 72.0 Å². The highest BCUT2D eigenvalue weighted by molar-refractivity contribution is 7.18. The lowest BCUT2D eigenvalue weighted by molar-refractivity contribution is -0.712. The standard InChI is InChI=1S/C21H33N7OS/c1-9-27(10-2)17-11-12-18(19(13-17)22-16(7)29)23-24-20-26(8)25-21(30-20)28(14(3)4)15(5)6/h11-15H,9-10H2,1-8H3/p+1. The molecule has 0 saturated carbocycles. The Bertz CT molecular complexity index is 879. The number of benzene rings is 1. The second-order valence-corrected chi connectivity index (χ2v) is 8.57. The Morgan fingerprint density at radius 1 is 1.17 bits per heavy atom. The zero-order valence-electron chi connectivity index (χ0n) is 19.3. The van der Waals surface area contributed by atoms with Crippen LogP contribution in [0.4, 0.5) is 27.3 Å². The van der Waals surface area contributed by atoms with Crippen molar-refractivity contribution in [1.29, 1.82) is 0 Å². The molecule has 0 unspecified atom stereocenters. The van der Waals surface area contributed by atoms with Crippen LogP contribution in [-0.2, 0) is 11.8 Å². The molecule has 0 radical (unpaired) electrons. The molecule has 1 amide bonds. The number of aromatic nitrogens is 2. The van der Waals surface area contributed by atoms with E-state index in [1.165, 1.54) is 18.3 Å². The van der Waals surface area contributed by atoms with E-state index < -0.39 is 0 Å². The number of amides is 1. The summed E-state index contributed by atoms with van der Waals surface area (Å²) in [6.07, 6.45) is 0. The second kappa shape index (κ2) is 10.5. The average Bonchev–Trinajstić information content (AvgIpc) is 3.01. The predicted molar refractivity (Wildman–Crippen MR) is 125 cm³/mol. The molecule has 0 bridgehead atoms. The molecule has 2 aromatic rings. The number of nitrogens with one attached hydrogen (secondary N) is 1. The van der Waals surface area contributed by atoms with E-state index in [1.54, 1.807) is 4.68 Å². The van der Waals surface area contributed by atoms with Gasteiger partial charge in [0.15, 0.2) is 0 Å². The second-order valence-electron chi connectivity index (χ2n) is 7.64. The van der Waals surface area contributed by atoms with Crippen LogP contribution in [0.2, 0.25) is 0 Å². The third-order valence-corrected chi connectivity index (χ3v) is 5.69. The van der Waals surface area contributed by atoms with E-state index in [1.807, 2.05) is 25.2 Å². The monoisotopic (exact) mass is 432 g/mol. The normalized spacial score (nSPS) is 11.5. The number of hydrogen-bond donors (Lipinski definition) is 1. The van der Waals surface area contributed by atoms with E-state index in [0.29, 0.717) is 28.6 Å². The Morgan fingerprint density at radius 3 is 2.33 bits per heavy atom. The van der Waals surface area contributed by atoms with Gasteiger partial charge < -0.3 is 15.1 Å².